The summed E-state index contributed by atoms with van der Waals surface area (Å²) in [5, 5.41) is 2.56. The van der Waals surface area contributed by atoms with Gasteiger partial charge in [-0.25, -0.2) is 0 Å². The molecule has 1 nitrogen and oxygen atoms in total. The van der Waals surface area contributed by atoms with E-state index in [1.165, 1.54) is 48.4 Å². The fourth-order valence-electron chi connectivity index (χ4n) is 3.21. The summed E-state index contributed by atoms with van der Waals surface area (Å²) in [6.07, 6.45) is 6.66. The minimum Gasteiger partial charge on any atom is -0.324 e. The van der Waals surface area contributed by atoms with Gasteiger partial charge in [0.1, 0.15) is 0 Å². The van der Waals surface area contributed by atoms with Gasteiger partial charge in [0.05, 0.1) is 0 Å². The summed E-state index contributed by atoms with van der Waals surface area (Å²) >= 11 is 3.52. The molecule has 0 aromatic heterocycles. The lowest BCUT2D eigenvalue weighted by Crippen LogP contribution is -2.23. The second-order valence-electron chi connectivity index (χ2n) is 5.67. The Labute approximate surface area is 123 Å². The highest BCUT2D eigenvalue weighted by Gasteiger charge is 2.21. The Kier molecular flexibility index (Phi) is 3.90. The van der Waals surface area contributed by atoms with E-state index >= 15 is 0 Å². The van der Waals surface area contributed by atoms with Gasteiger partial charge in [0.25, 0.3) is 0 Å². The molecule has 19 heavy (non-hydrogen) atoms. The summed E-state index contributed by atoms with van der Waals surface area (Å²) in [5.41, 5.74) is 7.77. The molecule has 1 unspecified atom stereocenters. The third-order valence-corrected chi connectivity index (χ3v) is 4.86. The first-order valence-electron chi connectivity index (χ1n) is 7.19. The van der Waals surface area contributed by atoms with Crippen LogP contribution in [-0.2, 0) is 0 Å². The van der Waals surface area contributed by atoms with Crippen molar-refractivity contribution in [1.29, 1.82) is 0 Å². The predicted molar refractivity (Wildman–Crippen MR) is 85.2 cm³/mol. The van der Waals surface area contributed by atoms with Gasteiger partial charge < -0.3 is 5.73 Å². The number of rotatable bonds is 2. The third kappa shape index (κ3) is 2.85. The van der Waals surface area contributed by atoms with Crippen molar-refractivity contribution in [2.75, 3.05) is 0 Å². The van der Waals surface area contributed by atoms with Gasteiger partial charge in [0, 0.05) is 10.5 Å². The maximum absolute atomic E-state index is 6.48. The van der Waals surface area contributed by atoms with E-state index in [2.05, 4.69) is 52.3 Å². The second kappa shape index (κ2) is 5.64. The van der Waals surface area contributed by atoms with Crippen molar-refractivity contribution in [1.82, 2.24) is 0 Å². The van der Waals surface area contributed by atoms with Crippen LogP contribution in [0.15, 0.2) is 40.9 Å². The molecule has 2 aromatic carbocycles. The molecule has 1 aliphatic rings. The molecule has 0 aliphatic heterocycles. The van der Waals surface area contributed by atoms with E-state index in [9.17, 15) is 0 Å². The quantitative estimate of drug-likeness (QED) is 0.811. The average Bonchev–Trinajstić information content (AvgIpc) is 2.47. The highest BCUT2D eigenvalue weighted by molar-refractivity contribution is 9.10. The molecular formula is C17H20BrN. The van der Waals surface area contributed by atoms with Crippen LogP contribution in [0, 0.1) is 5.92 Å². The lowest BCUT2D eigenvalue weighted by Gasteiger charge is -2.28. The molecule has 0 saturated heterocycles. The fraction of sp³-hybridized carbons (Fsp3) is 0.412. The van der Waals surface area contributed by atoms with Crippen molar-refractivity contribution in [2.24, 2.45) is 11.7 Å². The normalized spacial score (nSPS) is 18.6. The van der Waals surface area contributed by atoms with Crippen LogP contribution in [0.2, 0.25) is 0 Å². The molecule has 100 valence electrons. The number of halogens is 1. The van der Waals surface area contributed by atoms with Crippen molar-refractivity contribution >= 4 is 26.7 Å². The van der Waals surface area contributed by atoms with Crippen molar-refractivity contribution in [3.05, 3.63) is 46.4 Å². The van der Waals surface area contributed by atoms with Gasteiger partial charge in [-0.1, -0.05) is 53.4 Å². The Morgan fingerprint density at radius 1 is 0.947 bits per heavy atom. The van der Waals surface area contributed by atoms with E-state index in [0.717, 1.165) is 4.47 Å². The Balaban J connectivity index is 1.89. The van der Waals surface area contributed by atoms with Gasteiger partial charge in [-0.3, -0.25) is 0 Å². The molecular weight excluding hydrogens is 298 g/mol. The maximum Gasteiger partial charge on any atom is 0.0323 e. The molecule has 2 heteroatoms. The summed E-state index contributed by atoms with van der Waals surface area (Å²) in [6, 6.07) is 13.3. The highest BCUT2D eigenvalue weighted by atomic mass is 79.9. The summed E-state index contributed by atoms with van der Waals surface area (Å²) in [5.74, 6) is 0.668. The zero-order valence-electron chi connectivity index (χ0n) is 11.1. The van der Waals surface area contributed by atoms with Crippen molar-refractivity contribution in [3.8, 4) is 0 Å². The van der Waals surface area contributed by atoms with Crippen LogP contribution >= 0.6 is 15.9 Å². The maximum atomic E-state index is 6.48. The largest absolute Gasteiger partial charge is 0.324 e. The van der Waals surface area contributed by atoms with E-state index in [1.807, 2.05) is 0 Å². The number of fused-ring (bicyclic) bond motifs is 1. The molecule has 1 atom stereocenters. The fourth-order valence-corrected chi connectivity index (χ4v) is 3.59. The first kappa shape index (κ1) is 13.1. The number of hydrogen-bond donors (Lipinski definition) is 1. The minimum atomic E-state index is 0.202. The molecule has 0 amide bonds. The van der Waals surface area contributed by atoms with Gasteiger partial charge >= 0.3 is 0 Å². The van der Waals surface area contributed by atoms with Crippen LogP contribution in [0.3, 0.4) is 0 Å². The van der Waals surface area contributed by atoms with E-state index in [0.29, 0.717) is 5.92 Å². The molecule has 2 aromatic rings. The summed E-state index contributed by atoms with van der Waals surface area (Å²) in [7, 11) is 0. The molecule has 0 bridgehead atoms. The Bertz CT molecular complexity index is 572. The first-order chi connectivity index (χ1) is 9.24. The Hall–Kier alpha value is -0.860. The summed E-state index contributed by atoms with van der Waals surface area (Å²) in [6.45, 7) is 0. The van der Waals surface area contributed by atoms with Gasteiger partial charge in [-0.2, -0.15) is 0 Å². The topological polar surface area (TPSA) is 26.0 Å². The van der Waals surface area contributed by atoms with E-state index in [1.54, 1.807) is 0 Å². The van der Waals surface area contributed by atoms with E-state index in [4.69, 9.17) is 5.73 Å². The smallest absolute Gasteiger partial charge is 0.0323 e. The molecule has 2 N–H and O–H groups in total. The van der Waals surface area contributed by atoms with Crippen LogP contribution in [-0.4, -0.2) is 0 Å². The first-order valence-corrected chi connectivity index (χ1v) is 7.98. The lowest BCUT2D eigenvalue weighted by molar-refractivity contribution is 0.308. The molecule has 0 spiro atoms. The SMILES string of the molecule is NC(c1ccc2cc(Br)ccc2c1)C1CCCCC1. The van der Waals surface area contributed by atoms with Crippen molar-refractivity contribution in [2.45, 2.75) is 38.1 Å². The summed E-state index contributed by atoms with van der Waals surface area (Å²) in [4.78, 5) is 0. The number of benzene rings is 2. The average molecular weight is 318 g/mol. The molecule has 0 radical (unpaired) electrons. The molecule has 1 fully saturated rings. The molecule has 1 saturated carbocycles. The number of hydrogen-bond acceptors (Lipinski definition) is 1. The molecule has 0 heterocycles. The number of nitrogens with two attached hydrogens (primary N) is 1. The second-order valence-corrected chi connectivity index (χ2v) is 6.59. The van der Waals surface area contributed by atoms with Crippen LogP contribution in [0.5, 0.6) is 0 Å². The highest BCUT2D eigenvalue weighted by Crippen LogP contribution is 2.34. The molecule has 3 rings (SSSR count). The van der Waals surface area contributed by atoms with Crippen LogP contribution in [0.4, 0.5) is 0 Å². The van der Waals surface area contributed by atoms with Crippen molar-refractivity contribution in [3.63, 3.8) is 0 Å². The van der Waals surface area contributed by atoms with E-state index in [-0.39, 0.29) is 6.04 Å². The van der Waals surface area contributed by atoms with Gasteiger partial charge in [0.15, 0.2) is 0 Å². The van der Waals surface area contributed by atoms with Gasteiger partial charge in [-0.15, -0.1) is 0 Å². The third-order valence-electron chi connectivity index (χ3n) is 4.37. The van der Waals surface area contributed by atoms with Gasteiger partial charge in [0.2, 0.25) is 0 Å². The van der Waals surface area contributed by atoms with Crippen LogP contribution in [0.25, 0.3) is 10.8 Å². The lowest BCUT2D eigenvalue weighted by atomic mass is 9.81. The Morgan fingerprint density at radius 2 is 1.63 bits per heavy atom. The predicted octanol–water partition coefficient (Wildman–Crippen LogP) is 5.18. The van der Waals surface area contributed by atoms with Crippen molar-refractivity contribution < 1.29 is 0 Å². The standard InChI is InChI=1S/C17H20BrN/c18-16-9-8-13-10-15(7-6-14(13)11-16)17(19)12-4-2-1-3-5-12/h6-12,17H,1-5,19H2. The minimum absolute atomic E-state index is 0.202. The zero-order chi connectivity index (χ0) is 13.2. The molecule has 1 aliphatic carbocycles. The zero-order valence-corrected chi connectivity index (χ0v) is 12.7. The van der Waals surface area contributed by atoms with E-state index < -0.39 is 0 Å². The summed E-state index contributed by atoms with van der Waals surface area (Å²) < 4.78 is 1.13. The Morgan fingerprint density at radius 3 is 2.42 bits per heavy atom. The van der Waals surface area contributed by atoms with Crippen LogP contribution in [0.1, 0.15) is 43.7 Å². The van der Waals surface area contributed by atoms with Crippen LogP contribution < -0.4 is 5.73 Å². The monoisotopic (exact) mass is 317 g/mol. The van der Waals surface area contributed by atoms with Gasteiger partial charge in [-0.05, 0) is 53.3 Å².